The highest BCUT2D eigenvalue weighted by molar-refractivity contribution is 5.36. The fourth-order valence-corrected chi connectivity index (χ4v) is 1.18. The van der Waals surface area contributed by atoms with Crippen molar-refractivity contribution in [1.82, 2.24) is 10.1 Å². The number of halogens is 3. The van der Waals surface area contributed by atoms with Crippen molar-refractivity contribution in [2.45, 2.75) is 12.7 Å². The molecule has 0 aliphatic carbocycles. The Labute approximate surface area is 94.4 Å². The van der Waals surface area contributed by atoms with Crippen LogP contribution in [0.25, 0.3) is 0 Å². The highest BCUT2D eigenvalue weighted by Crippen LogP contribution is 2.28. The van der Waals surface area contributed by atoms with Crippen molar-refractivity contribution in [3.05, 3.63) is 41.9 Å². The molecule has 0 aliphatic heterocycles. The zero-order valence-corrected chi connectivity index (χ0v) is 8.53. The summed E-state index contributed by atoms with van der Waals surface area (Å²) in [5, 5.41) is 6.31. The molecule has 17 heavy (non-hydrogen) atoms. The van der Waals surface area contributed by atoms with E-state index in [-0.39, 0.29) is 0 Å². The van der Waals surface area contributed by atoms with Crippen molar-refractivity contribution < 1.29 is 17.7 Å². The van der Waals surface area contributed by atoms with Gasteiger partial charge in [0.25, 0.3) is 0 Å². The largest absolute Gasteiger partial charge is 0.417 e. The summed E-state index contributed by atoms with van der Waals surface area (Å²) in [5.41, 5.74) is -0.775. The Balaban J connectivity index is 1.99. The first kappa shape index (κ1) is 11.4. The Morgan fingerprint density at radius 1 is 1.24 bits per heavy atom. The summed E-state index contributed by atoms with van der Waals surface area (Å²) in [6.07, 6.45) is -2.10. The molecular weight excluding hydrogens is 235 g/mol. The van der Waals surface area contributed by atoms with Crippen LogP contribution in [0.5, 0.6) is 0 Å². The van der Waals surface area contributed by atoms with Crippen LogP contribution >= 0.6 is 0 Å². The summed E-state index contributed by atoms with van der Waals surface area (Å²) in [6, 6.07) is 3.88. The second-order valence-corrected chi connectivity index (χ2v) is 3.26. The van der Waals surface area contributed by atoms with E-state index in [4.69, 9.17) is 4.52 Å². The van der Waals surface area contributed by atoms with Crippen molar-refractivity contribution in [3.63, 3.8) is 0 Å². The predicted octanol–water partition coefficient (Wildman–Crippen LogP) is 2.70. The zero-order valence-electron chi connectivity index (χ0n) is 8.53. The van der Waals surface area contributed by atoms with Gasteiger partial charge in [-0.05, 0) is 12.1 Å². The summed E-state index contributed by atoms with van der Waals surface area (Å²) in [7, 11) is 0. The first-order valence-corrected chi connectivity index (χ1v) is 4.72. The molecule has 0 spiro atoms. The second-order valence-electron chi connectivity index (χ2n) is 3.26. The van der Waals surface area contributed by atoms with E-state index >= 15 is 0 Å². The number of nitrogens with one attached hydrogen (secondary N) is 1. The number of hydrogen-bond acceptors (Lipinski definition) is 4. The average molecular weight is 243 g/mol. The van der Waals surface area contributed by atoms with Gasteiger partial charge in [-0.15, -0.1) is 0 Å². The molecule has 0 radical (unpaired) electrons. The molecule has 90 valence electrons. The molecule has 1 N–H and O–H groups in total. The van der Waals surface area contributed by atoms with Crippen molar-refractivity contribution in [3.8, 4) is 0 Å². The van der Waals surface area contributed by atoms with E-state index in [1.807, 2.05) is 0 Å². The van der Waals surface area contributed by atoms with Crippen molar-refractivity contribution in [2.24, 2.45) is 0 Å². The van der Waals surface area contributed by atoms with Crippen LogP contribution in [0.3, 0.4) is 0 Å². The number of hydrogen-bond donors (Lipinski definition) is 1. The Morgan fingerprint density at radius 3 is 2.59 bits per heavy atom. The summed E-state index contributed by atoms with van der Waals surface area (Å²) in [5.74, 6) is 0.918. The van der Waals surface area contributed by atoms with E-state index < -0.39 is 11.7 Å². The van der Waals surface area contributed by atoms with Gasteiger partial charge in [-0.1, -0.05) is 5.16 Å². The quantitative estimate of drug-likeness (QED) is 0.900. The lowest BCUT2D eigenvalue weighted by Crippen LogP contribution is -2.06. The van der Waals surface area contributed by atoms with Crippen LogP contribution < -0.4 is 5.32 Å². The molecule has 0 saturated carbocycles. The van der Waals surface area contributed by atoms with Crippen LogP contribution in [0.2, 0.25) is 0 Å². The normalized spacial score (nSPS) is 11.5. The van der Waals surface area contributed by atoms with Gasteiger partial charge in [-0.25, -0.2) is 4.98 Å². The fraction of sp³-hybridized carbons (Fsp3) is 0.200. The molecule has 0 unspecified atom stereocenters. The Morgan fingerprint density at radius 2 is 2.06 bits per heavy atom. The van der Waals surface area contributed by atoms with Gasteiger partial charge in [-0.3, -0.25) is 0 Å². The van der Waals surface area contributed by atoms with Gasteiger partial charge in [0.2, 0.25) is 0 Å². The van der Waals surface area contributed by atoms with Crippen LogP contribution in [0.1, 0.15) is 11.3 Å². The van der Waals surface area contributed by atoms with Gasteiger partial charge in [0.15, 0.2) is 5.76 Å². The minimum Gasteiger partial charge on any atom is -0.363 e. The molecule has 0 atom stereocenters. The number of anilines is 1. The van der Waals surface area contributed by atoms with Gasteiger partial charge in [0.1, 0.15) is 5.82 Å². The third kappa shape index (κ3) is 2.96. The molecule has 0 aromatic carbocycles. The van der Waals surface area contributed by atoms with Crippen molar-refractivity contribution in [1.29, 1.82) is 0 Å². The van der Waals surface area contributed by atoms with Gasteiger partial charge in [0.05, 0.1) is 18.3 Å². The number of rotatable bonds is 3. The van der Waals surface area contributed by atoms with Gasteiger partial charge in [-0.2, -0.15) is 13.2 Å². The van der Waals surface area contributed by atoms with E-state index in [0.29, 0.717) is 18.1 Å². The summed E-state index contributed by atoms with van der Waals surface area (Å²) < 4.78 is 41.5. The maximum atomic E-state index is 12.2. The lowest BCUT2D eigenvalue weighted by atomic mass is 10.3. The standard InChI is InChI=1S/C10H8F3N3O/c11-10(12,13)7-1-2-9(14-5-7)15-6-8-3-4-16-17-8/h1-5H,6H2,(H,14,15). The van der Waals surface area contributed by atoms with Gasteiger partial charge < -0.3 is 9.84 Å². The maximum Gasteiger partial charge on any atom is 0.417 e. The van der Waals surface area contributed by atoms with Crippen LogP contribution in [0, 0.1) is 0 Å². The van der Waals surface area contributed by atoms with Crippen LogP contribution in [-0.4, -0.2) is 10.1 Å². The average Bonchev–Trinajstić information content (AvgIpc) is 2.78. The fourth-order valence-electron chi connectivity index (χ4n) is 1.18. The van der Waals surface area contributed by atoms with Crippen LogP contribution in [0.15, 0.2) is 35.1 Å². The first-order valence-electron chi connectivity index (χ1n) is 4.72. The Hall–Kier alpha value is -2.05. The molecule has 0 amide bonds. The molecule has 2 rings (SSSR count). The summed E-state index contributed by atoms with van der Waals surface area (Å²) >= 11 is 0. The van der Waals surface area contributed by atoms with E-state index in [1.54, 1.807) is 6.07 Å². The number of alkyl halides is 3. The lowest BCUT2D eigenvalue weighted by molar-refractivity contribution is -0.137. The van der Waals surface area contributed by atoms with E-state index in [0.717, 1.165) is 12.3 Å². The van der Waals surface area contributed by atoms with E-state index in [9.17, 15) is 13.2 Å². The van der Waals surface area contributed by atoms with Crippen LogP contribution in [0.4, 0.5) is 19.0 Å². The Bertz CT molecular complexity index is 465. The second kappa shape index (κ2) is 4.44. The first-order chi connectivity index (χ1) is 8.05. The highest BCUT2D eigenvalue weighted by atomic mass is 19.4. The molecule has 4 nitrogen and oxygen atoms in total. The summed E-state index contributed by atoms with van der Waals surface area (Å²) in [4.78, 5) is 3.65. The predicted molar refractivity (Wildman–Crippen MR) is 53.1 cm³/mol. The third-order valence-corrected chi connectivity index (χ3v) is 2.03. The van der Waals surface area contributed by atoms with Gasteiger partial charge in [0, 0.05) is 12.3 Å². The SMILES string of the molecule is FC(F)(F)c1ccc(NCc2ccno2)nc1. The lowest BCUT2D eigenvalue weighted by Gasteiger charge is -2.07. The number of aromatic nitrogens is 2. The molecule has 2 aromatic heterocycles. The minimum absolute atomic E-state index is 0.318. The van der Waals surface area contributed by atoms with E-state index in [1.165, 1.54) is 12.3 Å². The molecule has 2 aromatic rings. The molecule has 0 fully saturated rings. The van der Waals surface area contributed by atoms with E-state index in [2.05, 4.69) is 15.5 Å². The molecule has 0 saturated heterocycles. The van der Waals surface area contributed by atoms with Crippen molar-refractivity contribution in [2.75, 3.05) is 5.32 Å². The molecular formula is C10H8F3N3O. The molecule has 0 bridgehead atoms. The van der Waals surface area contributed by atoms with Crippen LogP contribution in [-0.2, 0) is 12.7 Å². The zero-order chi connectivity index (χ0) is 12.3. The monoisotopic (exact) mass is 243 g/mol. The highest BCUT2D eigenvalue weighted by Gasteiger charge is 2.30. The Kier molecular flexibility index (Phi) is 2.99. The molecule has 2 heterocycles. The number of nitrogens with zero attached hydrogens (tertiary/aromatic N) is 2. The smallest absolute Gasteiger partial charge is 0.363 e. The number of pyridine rings is 1. The topological polar surface area (TPSA) is 51.0 Å². The maximum absolute atomic E-state index is 12.2. The molecule has 7 heteroatoms. The summed E-state index contributed by atoms with van der Waals surface area (Å²) in [6.45, 7) is 0.318. The van der Waals surface area contributed by atoms with Crippen molar-refractivity contribution >= 4 is 5.82 Å². The third-order valence-electron chi connectivity index (χ3n) is 2.03. The molecule has 0 aliphatic rings. The minimum atomic E-state index is -4.36. The van der Waals surface area contributed by atoms with Gasteiger partial charge >= 0.3 is 6.18 Å².